The Morgan fingerprint density at radius 1 is 0.938 bits per heavy atom. The van der Waals surface area contributed by atoms with Gasteiger partial charge < -0.3 is 24.7 Å². The highest BCUT2D eigenvalue weighted by molar-refractivity contribution is 5.87. The van der Waals surface area contributed by atoms with Gasteiger partial charge in [0.1, 0.15) is 0 Å². The zero-order chi connectivity index (χ0) is 21.3. The second-order valence-corrected chi connectivity index (χ2v) is 7.92. The van der Waals surface area contributed by atoms with Crippen molar-refractivity contribution in [2.45, 2.75) is 38.1 Å². The molecule has 1 saturated carbocycles. The van der Waals surface area contributed by atoms with Crippen molar-refractivity contribution in [3.63, 3.8) is 0 Å². The summed E-state index contributed by atoms with van der Waals surface area (Å²) in [4.78, 5) is 22.5. The Labute approximate surface area is 184 Å². The van der Waals surface area contributed by atoms with Gasteiger partial charge >= 0.3 is 0 Å². The molecule has 32 heavy (non-hydrogen) atoms. The topological polar surface area (TPSA) is 112 Å². The van der Waals surface area contributed by atoms with Crippen LogP contribution < -0.4 is 20.1 Å². The van der Waals surface area contributed by atoms with E-state index >= 15 is 0 Å². The third-order valence-electron chi connectivity index (χ3n) is 5.83. The van der Waals surface area contributed by atoms with E-state index in [2.05, 4.69) is 30.2 Å². The maximum absolute atomic E-state index is 5.51. The van der Waals surface area contributed by atoms with Crippen molar-refractivity contribution in [3.05, 3.63) is 43.1 Å². The minimum absolute atomic E-state index is 0.231. The zero-order valence-electron chi connectivity index (χ0n) is 17.4. The molecule has 4 heterocycles. The Bertz CT molecular complexity index is 1250. The molecule has 0 atom stereocenters. The molecule has 2 aliphatic rings. The lowest BCUT2D eigenvalue weighted by atomic mass is 9.95. The van der Waals surface area contributed by atoms with Gasteiger partial charge in [0.25, 0.3) is 0 Å². The van der Waals surface area contributed by atoms with Crippen LogP contribution in [0, 0.1) is 0 Å². The fourth-order valence-electron chi connectivity index (χ4n) is 4.28. The largest absolute Gasteiger partial charge is 0.454 e. The Morgan fingerprint density at radius 3 is 2.72 bits per heavy atom. The van der Waals surface area contributed by atoms with E-state index in [9.17, 15) is 0 Å². The fourth-order valence-corrected chi connectivity index (χ4v) is 4.28. The van der Waals surface area contributed by atoms with Crippen LogP contribution in [-0.4, -0.2) is 36.3 Å². The normalized spacial score (nSPS) is 15.8. The first kappa shape index (κ1) is 18.8. The summed E-state index contributed by atoms with van der Waals surface area (Å²) in [5.74, 6) is 3.04. The number of hydrogen-bond acceptors (Lipinski definition) is 9. The lowest BCUT2D eigenvalue weighted by molar-refractivity contribution is 0.174. The van der Waals surface area contributed by atoms with Gasteiger partial charge in [0, 0.05) is 30.2 Å². The van der Waals surface area contributed by atoms with Gasteiger partial charge in [-0.2, -0.15) is 9.97 Å². The van der Waals surface area contributed by atoms with Gasteiger partial charge in [0.05, 0.1) is 12.5 Å². The second-order valence-electron chi connectivity index (χ2n) is 7.92. The van der Waals surface area contributed by atoms with Crippen LogP contribution in [0.15, 0.2) is 43.1 Å². The van der Waals surface area contributed by atoms with Crippen molar-refractivity contribution in [2.75, 3.05) is 17.4 Å². The van der Waals surface area contributed by atoms with Crippen molar-refractivity contribution in [3.8, 4) is 11.5 Å². The summed E-state index contributed by atoms with van der Waals surface area (Å²) in [7, 11) is 0. The molecule has 0 spiro atoms. The first-order chi connectivity index (χ1) is 15.8. The van der Waals surface area contributed by atoms with Crippen LogP contribution >= 0.6 is 0 Å². The molecule has 0 bridgehead atoms. The molecular formula is C22H22N8O2. The van der Waals surface area contributed by atoms with E-state index in [1.807, 2.05) is 24.5 Å². The molecule has 2 N–H and O–H groups in total. The third-order valence-corrected chi connectivity index (χ3v) is 5.83. The van der Waals surface area contributed by atoms with Gasteiger partial charge in [-0.1, -0.05) is 19.3 Å². The average molecular weight is 430 g/mol. The molecule has 162 valence electrons. The molecule has 0 unspecified atom stereocenters. The zero-order valence-corrected chi connectivity index (χ0v) is 17.4. The van der Waals surface area contributed by atoms with Gasteiger partial charge in [0.15, 0.2) is 34.3 Å². The van der Waals surface area contributed by atoms with Gasteiger partial charge in [-0.25, -0.2) is 9.97 Å². The highest BCUT2D eigenvalue weighted by atomic mass is 16.7. The van der Waals surface area contributed by atoms with Gasteiger partial charge in [-0.15, -0.1) is 0 Å². The molecule has 3 aromatic heterocycles. The quantitative estimate of drug-likeness (QED) is 0.477. The van der Waals surface area contributed by atoms with E-state index in [1.165, 1.54) is 19.3 Å². The summed E-state index contributed by atoms with van der Waals surface area (Å²) in [6.45, 7) is 0.231. The van der Waals surface area contributed by atoms with Crippen molar-refractivity contribution >= 4 is 34.4 Å². The number of imidazole rings is 1. The molecule has 0 radical (unpaired) electrons. The predicted molar refractivity (Wildman–Crippen MR) is 119 cm³/mol. The number of nitrogens with zero attached hydrogens (tertiary/aromatic N) is 6. The molecule has 6 rings (SSSR count). The molecule has 4 aromatic rings. The Morgan fingerprint density at radius 2 is 1.84 bits per heavy atom. The summed E-state index contributed by atoms with van der Waals surface area (Å²) in [5.41, 5.74) is 2.34. The van der Waals surface area contributed by atoms with Crippen molar-refractivity contribution in [2.24, 2.45) is 0 Å². The molecule has 1 aliphatic heterocycles. The Hall–Kier alpha value is -3.95. The summed E-state index contributed by atoms with van der Waals surface area (Å²) in [6, 6.07) is 6.09. The van der Waals surface area contributed by atoms with E-state index in [0.29, 0.717) is 29.4 Å². The van der Waals surface area contributed by atoms with Gasteiger partial charge in [0.2, 0.25) is 12.7 Å². The monoisotopic (exact) mass is 430 g/mol. The van der Waals surface area contributed by atoms with Gasteiger partial charge in [-0.3, -0.25) is 4.98 Å². The molecule has 1 aromatic carbocycles. The van der Waals surface area contributed by atoms with Crippen molar-refractivity contribution in [1.82, 2.24) is 29.5 Å². The fraction of sp³-hybridized carbons (Fsp3) is 0.318. The SMILES string of the molecule is c1cnc(Nc2nc(Nc3ccc4c(c3)OCO4)c3ncn(C4CCCCC4)c3n2)cn1. The lowest BCUT2D eigenvalue weighted by Gasteiger charge is -2.23. The first-order valence-electron chi connectivity index (χ1n) is 10.8. The number of fused-ring (bicyclic) bond motifs is 2. The van der Waals surface area contributed by atoms with Crippen LogP contribution in [0.25, 0.3) is 11.2 Å². The molecule has 0 saturated heterocycles. The van der Waals surface area contributed by atoms with Crippen LogP contribution in [0.2, 0.25) is 0 Å². The number of hydrogen-bond donors (Lipinski definition) is 2. The van der Waals surface area contributed by atoms with Crippen LogP contribution in [0.5, 0.6) is 11.5 Å². The first-order valence-corrected chi connectivity index (χ1v) is 10.8. The number of rotatable bonds is 5. The van der Waals surface area contributed by atoms with E-state index in [-0.39, 0.29) is 6.79 Å². The minimum atomic E-state index is 0.231. The van der Waals surface area contributed by atoms with E-state index in [0.717, 1.165) is 35.4 Å². The smallest absolute Gasteiger partial charge is 0.232 e. The molecule has 0 amide bonds. The maximum Gasteiger partial charge on any atom is 0.232 e. The predicted octanol–water partition coefficient (Wildman–Crippen LogP) is 4.34. The highest BCUT2D eigenvalue weighted by Gasteiger charge is 2.22. The third kappa shape index (κ3) is 3.53. The summed E-state index contributed by atoms with van der Waals surface area (Å²) in [6.07, 6.45) is 12.8. The van der Waals surface area contributed by atoms with Crippen molar-refractivity contribution in [1.29, 1.82) is 0 Å². The van der Waals surface area contributed by atoms with Crippen LogP contribution in [0.4, 0.5) is 23.3 Å². The lowest BCUT2D eigenvalue weighted by Crippen LogP contribution is -2.13. The Kier molecular flexibility index (Phi) is 4.67. The number of benzene rings is 1. The molecule has 10 nitrogen and oxygen atoms in total. The maximum atomic E-state index is 5.51. The summed E-state index contributed by atoms with van der Waals surface area (Å²) < 4.78 is 13.1. The number of ether oxygens (including phenoxy) is 2. The summed E-state index contributed by atoms with van der Waals surface area (Å²) in [5, 5.41) is 6.54. The average Bonchev–Trinajstić information content (AvgIpc) is 3.47. The summed E-state index contributed by atoms with van der Waals surface area (Å²) >= 11 is 0. The molecular weight excluding hydrogens is 408 g/mol. The van der Waals surface area contributed by atoms with E-state index in [4.69, 9.17) is 19.4 Å². The van der Waals surface area contributed by atoms with Crippen molar-refractivity contribution < 1.29 is 9.47 Å². The van der Waals surface area contributed by atoms with E-state index < -0.39 is 0 Å². The molecule has 1 fully saturated rings. The van der Waals surface area contributed by atoms with Crippen LogP contribution in [0.1, 0.15) is 38.1 Å². The Balaban J connectivity index is 1.41. The number of aromatic nitrogens is 6. The number of anilines is 4. The minimum Gasteiger partial charge on any atom is -0.454 e. The standard InChI is InChI=1S/C22H22N8O2/c1-2-4-15(5-3-1)30-12-25-19-20(26-14-6-7-16-17(10-14)32-13-31-16)28-22(29-21(19)30)27-18-11-23-8-9-24-18/h6-12,15H,1-5,13H2,(H2,24,26,27,28,29). The highest BCUT2D eigenvalue weighted by Crippen LogP contribution is 2.36. The van der Waals surface area contributed by atoms with Crippen LogP contribution in [-0.2, 0) is 0 Å². The van der Waals surface area contributed by atoms with Gasteiger partial charge in [-0.05, 0) is 25.0 Å². The molecule has 1 aliphatic carbocycles. The molecule has 10 heteroatoms. The number of nitrogens with one attached hydrogen (secondary N) is 2. The second kappa shape index (κ2) is 7.95. The van der Waals surface area contributed by atoms with Crippen LogP contribution in [0.3, 0.4) is 0 Å². The van der Waals surface area contributed by atoms with E-state index in [1.54, 1.807) is 18.6 Å².